The number of rotatable bonds is 6. The number of carbonyl (C=O) groups excluding carboxylic acids is 1. The lowest BCUT2D eigenvalue weighted by Gasteiger charge is -2.15. The van der Waals surface area contributed by atoms with Gasteiger partial charge < -0.3 is 15.2 Å². The van der Waals surface area contributed by atoms with E-state index >= 15 is 0 Å². The van der Waals surface area contributed by atoms with Gasteiger partial charge in [-0.3, -0.25) is 4.79 Å². The van der Waals surface area contributed by atoms with E-state index in [4.69, 9.17) is 9.84 Å². The molecule has 1 unspecified atom stereocenters. The Balaban J connectivity index is 2.53. The molecule has 0 saturated carbocycles. The van der Waals surface area contributed by atoms with Crippen molar-refractivity contribution in [3.8, 4) is 0 Å². The third-order valence-electron chi connectivity index (χ3n) is 2.71. The number of carbonyl (C=O) groups is 2. The van der Waals surface area contributed by atoms with Crippen LogP contribution in [0.15, 0.2) is 30.3 Å². The third-order valence-corrected chi connectivity index (χ3v) is 2.71. The van der Waals surface area contributed by atoms with E-state index in [1.807, 2.05) is 30.3 Å². The largest absolute Gasteiger partial charge is 0.479 e. The predicted octanol–water partition coefficient (Wildman–Crippen LogP) is 1.01. The normalized spacial score (nSPS) is 13.7. The van der Waals surface area contributed by atoms with E-state index in [1.165, 1.54) is 7.11 Å². The zero-order valence-electron chi connectivity index (χ0n) is 10.4. The van der Waals surface area contributed by atoms with Crippen molar-refractivity contribution in [2.24, 2.45) is 0 Å². The molecule has 0 fully saturated rings. The van der Waals surface area contributed by atoms with E-state index in [0.29, 0.717) is 0 Å². The fourth-order valence-corrected chi connectivity index (χ4v) is 1.51. The molecule has 0 aliphatic carbocycles. The summed E-state index contributed by atoms with van der Waals surface area (Å²) in [6.07, 6.45) is -1.02. The highest BCUT2D eigenvalue weighted by Crippen LogP contribution is 2.14. The van der Waals surface area contributed by atoms with Crippen LogP contribution >= 0.6 is 0 Å². The van der Waals surface area contributed by atoms with Gasteiger partial charge in [0.2, 0.25) is 5.91 Å². The van der Waals surface area contributed by atoms with Crippen molar-refractivity contribution in [2.75, 3.05) is 13.7 Å². The van der Waals surface area contributed by atoms with Crippen molar-refractivity contribution in [1.29, 1.82) is 0 Å². The molecule has 5 heteroatoms. The van der Waals surface area contributed by atoms with Crippen LogP contribution in [0.25, 0.3) is 0 Å². The molecule has 98 valence electrons. The summed E-state index contributed by atoms with van der Waals surface area (Å²) in [6, 6.07) is 9.30. The molecule has 2 N–H and O–H groups in total. The Kier molecular flexibility index (Phi) is 5.32. The molecule has 2 atom stereocenters. The Morgan fingerprint density at radius 2 is 1.94 bits per heavy atom. The molecule has 0 heterocycles. The second kappa shape index (κ2) is 6.76. The Morgan fingerprint density at radius 3 is 2.44 bits per heavy atom. The number of hydrogen-bond acceptors (Lipinski definition) is 3. The van der Waals surface area contributed by atoms with Crippen molar-refractivity contribution in [2.45, 2.75) is 18.9 Å². The summed E-state index contributed by atoms with van der Waals surface area (Å²) >= 11 is 0. The van der Waals surface area contributed by atoms with Crippen LogP contribution in [0.5, 0.6) is 0 Å². The lowest BCUT2D eigenvalue weighted by Crippen LogP contribution is -2.39. The van der Waals surface area contributed by atoms with Gasteiger partial charge in [0.15, 0.2) is 6.10 Å². The fourth-order valence-electron chi connectivity index (χ4n) is 1.51. The molecule has 0 saturated heterocycles. The third kappa shape index (κ3) is 3.85. The molecular weight excluding hydrogens is 234 g/mol. The number of methoxy groups -OCH3 is 1. The minimum Gasteiger partial charge on any atom is -0.479 e. The first kappa shape index (κ1) is 14.2. The van der Waals surface area contributed by atoms with Crippen LogP contribution in [0.3, 0.4) is 0 Å². The lowest BCUT2D eigenvalue weighted by atomic mass is 10.0. The van der Waals surface area contributed by atoms with Crippen LogP contribution in [-0.2, 0) is 14.3 Å². The molecule has 18 heavy (non-hydrogen) atoms. The van der Waals surface area contributed by atoms with Crippen LogP contribution in [0, 0.1) is 0 Å². The number of aliphatic carboxylic acids is 1. The highest BCUT2D eigenvalue weighted by Gasteiger charge is 2.20. The standard InChI is InChI=1S/C13H17NO4/c1-9(10-6-4-3-5-7-10)12(15)14-8-11(18-2)13(16)17/h3-7,9,11H,8H2,1-2H3,(H,14,15)(H,16,17)/t9-,11?/m0/s1. The van der Waals surface area contributed by atoms with Crippen LogP contribution in [0.4, 0.5) is 0 Å². The first-order chi connectivity index (χ1) is 8.56. The van der Waals surface area contributed by atoms with Gasteiger partial charge in [0.1, 0.15) is 0 Å². The molecule has 0 spiro atoms. The van der Waals surface area contributed by atoms with E-state index in [-0.39, 0.29) is 18.4 Å². The summed E-state index contributed by atoms with van der Waals surface area (Å²) in [6.45, 7) is 1.73. The SMILES string of the molecule is COC(CNC(=O)[C@@H](C)c1ccccc1)C(=O)O. The zero-order chi connectivity index (χ0) is 13.5. The molecular formula is C13H17NO4. The minimum atomic E-state index is -1.09. The molecule has 0 aromatic heterocycles. The Morgan fingerprint density at radius 1 is 1.33 bits per heavy atom. The van der Waals surface area contributed by atoms with E-state index in [9.17, 15) is 9.59 Å². The molecule has 5 nitrogen and oxygen atoms in total. The molecule has 1 amide bonds. The maximum atomic E-state index is 11.8. The quantitative estimate of drug-likeness (QED) is 0.791. The topological polar surface area (TPSA) is 75.6 Å². The van der Waals surface area contributed by atoms with Gasteiger partial charge in [0.05, 0.1) is 12.5 Å². The second-order valence-electron chi connectivity index (χ2n) is 3.94. The average Bonchev–Trinajstić information content (AvgIpc) is 2.39. The summed E-state index contributed by atoms with van der Waals surface area (Å²) in [5, 5.41) is 11.3. The first-order valence-electron chi connectivity index (χ1n) is 5.64. The van der Waals surface area contributed by atoms with Crippen molar-refractivity contribution in [3.05, 3.63) is 35.9 Å². The van der Waals surface area contributed by atoms with Gasteiger partial charge in [0, 0.05) is 7.11 Å². The summed E-state index contributed by atoms with van der Waals surface area (Å²) in [5.74, 6) is -1.63. The average molecular weight is 251 g/mol. The number of benzene rings is 1. The van der Waals surface area contributed by atoms with Gasteiger partial charge in [-0.2, -0.15) is 0 Å². The van der Waals surface area contributed by atoms with E-state index in [1.54, 1.807) is 6.92 Å². The van der Waals surface area contributed by atoms with Gasteiger partial charge in [-0.15, -0.1) is 0 Å². The van der Waals surface area contributed by atoms with Crippen molar-refractivity contribution in [1.82, 2.24) is 5.32 Å². The van der Waals surface area contributed by atoms with Crippen LogP contribution in [0.1, 0.15) is 18.4 Å². The number of ether oxygens (including phenoxy) is 1. The predicted molar refractivity (Wildman–Crippen MR) is 66.3 cm³/mol. The van der Waals surface area contributed by atoms with Gasteiger partial charge in [-0.05, 0) is 12.5 Å². The van der Waals surface area contributed by atoms with Crippen LogP contribution in [0.2, 0.25) is 0 Å². The molecule has 0 aliphatic rings. The maximum Gasteiger partial charge on any atom is 0.334 e. The van der Waals surface area contributed by atoms with Crippen molar-refractivity contribution in [3.63, 3.8) is 0 Å². The van der Waals surface area contributed by atoms with E-state index in [2.05, 4.69) is 5.32 Å². The monoisotopic (exact) mass is 251 g/mol. The number of amides is 1. The highest BCUT2D eigenvalue weighted by atomic mass is 16.5. The van der Waals surface area contributed by atoms with Gasteiger partial charge in [-0.1, -0.05) is 30.3 Å². The summed E-state index contributed by atoms with van der Waals surface area (Å²) in [7, 11) is 1.30. The number of hydrogen-bond donors (Lipinski definition) is 2. The van der Waals surface area contributed by atoms with Crippen LogP contribution < -0.4 is 5.32 Å². The molecule has 0 radical (unpaired) electrons. The Hall–Kier alpha value is -1.88. The van der Waals surface area contributed by atoms with Gasteiger partial charge in [0.25, 0.3) is 0 Å². The summed E-state index contributed by atoms with van der Waals surface area (Å²) < 4.78 is 4.73. The molecule has 1 aromatic carbocycles. The number of carboxylic acid groups (broad SMARTS) is 1. The molecule has 1 rings (SSSR count). The van der Waals surface area contributed by atoms with Crippen molar-refractivity contribution >= 4 is 11.9 Å². The van der Waals surface area contributed by atoms with Gasteiger partial charge in [-0.25, -0.2) is 4.79 Å². The minimum absolute atomic E-state index is 0.0398. The van der Waals surface area contributed by atoms with E-state index < -0.39 is 12.1 Å². The second-order valence-corrected chi connectivity index (χ2v) is 3.94. The number of carboxylic acids is 1. The smallest absolute Gasteiger partial charge is 0.334 e. The molecule has 0 aliphatic heterocycles. The van der Waals surface area contributed by atoms with E-state index in [0.717, 1.165) is 5.56 Å². The lowest BCUT2D eigenvalue weighted by molar-refractivity contribution is -0.148. The maximum absolute atomic E-state index is 11.8. The Labute approximate surface area is 106 Å². The van der Waals surface area contributed by atoms with Gasteiger partial charge >= 0.3 is 5.97 Å². The van der Waals surface area contributed by atoms with Crippen molar-refractivity contribution < 1.29 is 19.4 Å². The van der Waals surface area contributed by atoms with Crippen LogP contribution in [-0.4, -0.2) is 36.7 Å². The highest BCUT2D eigenvalue weighted by molar-refractivity contribution is 5.84. The number of nitrogens with one attached hydrogen (secondary N) is 1. The molecule has 0 bridgehead atoms. The zero-order valence-corrected chi connectivity index (χ0v) is 10.4. The first-order valence-corrected chi connectivity index (χ1v) is 5.64. The fraction of sp³-hybridized carbons (Fsp3) is 0.385. The Bertz CT molecular complexity index is 405. The summed E-state index contributed by atoms with van der Waals surface area (Å²) in [5.41, 5.74) is 0.888. The molecule has 1 aromatic rings. The summed E-state index contributed by atoms with van der Waals surface area (Å²) in [4.78, 5) is 22.5.